The molecule has 4 heterocycles. The standard InChI is InChI=1S/C24H19F4N7O5/c25-14-1-2-15-13(12-36)11-34(17(15)9-14)19-3-4-29-24(31-19)30-16-10-18(35(37)38)22(33-5-7-39-8-6-33)32-23(16)40-21(28)20(26)27/h1-4,9-12,20-21H,5-8H2,(H,29,30,31). The second-order valence-electron chi connectivity index (χ2n) is 8.44. The molecule has 1 N–H and O–H groups in total. The molecule has 1 fully saturated rings. The van der Waals surface area contributed by atoms with E-state index < -0.39 is 35.1 Å². The molecule has 0 saturated carbocycles. The Morgan fingerprint density at radius 2 is 1.93 bits per heavy atom. The molecular formula is C24H19F4N7O5. The molecule has 1 aromatic carbocycles. The molecular weight excluding hydrogens is 542 g/mol. The summed E-state index contributed by atoms with van der Waals surface area (Å²) in [6.45, 7) is 0.908. The minimum Gasteiger partial charge on any atom is -0.435 e. The van der Waals surface area contributed by atoms with Crippen molar-refractivity contribution in [1.82, 2.24) is 19.5 Å². The number of aromatic nitrogens is 4. The fourth-order valence-electron chi connectivity index (χ4n) is 4.13. The number of morpholine rings is 1. The molecule has 3 aromatic heterocycles. The van der Waals surface area contributed by atoms with Crippen LogP contribution in [0.1, 0.15) is 10.4 Å². The number of halogens is 4. The zero-order valence-corrected chi connectivity index (χ0v) is 20.3. The van der Waals surface area contributed by atoms with Crippen LogP contribution in [0.2, 0.25) is 0 Å². The Labute approximate surface area is 222 Å². The van der Waals surface area contributed by atoms with Crippen molar-refractivity contribution in [2.45, 2.75) is 12.8 Å². The average molecular weight is 561 g/mol. The van der Waals surface area contributed by atoms with Gasteiger partial charge in [-0.1, -0.05) is 0 Å². The molecule has 16 heteroatoms. The summed E-state index contributed by atoms with van der Waals surface area (Å²) in [6.07, 6.45) is -3.29. The first-order chi connectivity index (χ1) is 19.2. The van der Waals surface area contributed by atoms with E-state index >= 15 is 0 Å². The van der Waals surface area contributed by atoms with Crippen molar-refractivity contribution in [2.24, 2.45) is 0 Å². The van der Waals surface area contributed by atoms with E-state index in [-0.39, 0.29) is 55.1 Å². The number of nitrogens with one attached hydrogen (secondary N) is 1. The van der Waals surface area contributed by atoms with E-state index in [0.29, 0.717) is 17.2 Å². The number of carbonyl (C=O) groups is 1. The first-order valence-corrected chi connectivity index (χ1v) is 11.7. The van der Waals surface area contributed by atoms with Crippen molar-refractivity contribution in [3.63, 3.8) is 0 Å². The highest BCUT2D eigenvalue weighted by Crippen LogP contribution is 2.37. The van der Waals surface area contributed by atoms with Gasteiger partial charge in [0, 0.05) is 42.5 Å². The van der Waals surface area contributed by atoms with Gasteiger partial charge < -0.3 is 24.3 Å². The molecule has 0 aliphatic carbocycles. The lowest BCUT2D eigenvalue weighted by molar-refractivity contribution is -0.384. The molecule has 1 unspecified atom stereocenters. The quantitative estimate of drug-likeness (QED) is 0.137. The molecule has 5 rings (SSSR count). The summed E-state index contributed by atoms with van der Waals surface area (Å²) in [4.78, 5) is 36.5. The van der Waals surface area contributed by atoms with Crippen molar-refractivity contribution >= 4 is 40.3 Å². The number of aldehydes is 1. The lowest BCUT2D eigenvalue weighted by atomic mass is 10.2. The number of pyridine rings is 1. The maximum absolute atomic E-state index is 14.0. The maximum atomic E-state index is 14.0. The number of anilines is 3. The van der Waals surface area contributed by atoms with Crippen molar-refractivity contribution in [2.75, 3.05) is 36.5 Å². The molecule has 0 radical (unpaired) electrons. The van der Waals surface area contributed by atoms with E-state index in [1.165, 1.54) is 46.1 Å². The van der Waals surface area contributed by atoms with Gasteiger partial charge in [-0.3, -0.25) is 14.9 Å². The number of nitrogens with zero attached hydrogens (tertiary/aromatic N) is 6. The molecule has 0 spiro atoms. The molecule has 0 bridgehead atoms. The summed E-state index contributed by atoms with van der Waals surface area (Å²) in [6, 6.07) is 6.23. The number of carbonyl (C=O) groups excluding carboxylic acids is 1. The highest BCUT2D eigenvalue weighted by atomic mass is 19.3. The van der Waals surface area contributed by atoms with Gasteiger partial charge in [-0.25, -0.2) is 18.2 Å². The van der Waals surface area contributed by atoms with Gasteiger partial charge in [0.15, 0.2) is 6.29 Å². The van der Waals surface area contributed by atoms with Crippen LogP contribution < -0.4 is 15.0 Å². The van der Waals surface area contributed by atoms with Gasteiger partial charge >= 0.3 is 12.1 Å². The Morgan fingerprint density at radius 1 is 1.15 bits per heavy atom. The van der Waals surface area contributed by atoms with Crippen LogP contribution in [0.3, 0.4) is 0 Å². The lowest BCUT2D eigenvalue weighted by Gasteiger charge is -2.28. The van der Waals surface area contributed by atoms with Crippen molar-refractivity contribution in [3.05, 3.63) is 64.2 Å². The van der Waals surface area contributed by atoms with E-state index in [9.17, 15) is 32.5 Å². The Balaban J connectivity index is 1.57. The zero-order valence-electron chi connectivity index (χ0n) is 20.3. The van der Waals surface area contributed by atoms with Crippen molar-refractivity contribution in [1.29, 1.82) is 0 Å². The molecule has 208 valence electrons. The Bertz CT molecular complexity index is 1580. The second kappa shape index (κ2) is 11.1. The van der Waals surface area contributed by atoms with Crippen LogP contribution >= 0.6 is 0 Å². The van der Waals surface area contributed by atoms with Crippen LogP contribution in [0.4, 0.5) is 40.7 Å². The predicted molar refractivity (Wildman–Crippen MR) is 133 cm³/mol. The molecule has 1 aliphatic rings. The number of nitro groups is 1. The van der Waals surface area contributed by atoms with Gasteiger partial charge in [-0.05, 0) is 24.3 Å². The SMILES string of the molecule is O=Cc1cn(-c2ccnc(Nc3cc([N+](=O)[O-])c(N4CCOCC4)nc3OC(F)C(F)F)n2)c2cc(F)ccc12. The third kappa shape index (κ3) is 5.33. The first kappa shape index (κ1) is 26.7. The third-order valence-corrected chi connectivity index (χ3v) is 5.94. The smallest absolute Gasteiger partial charge is 0.313 e. The Morgan fingerprint density at radius 3 is 2.62 bits per heavy atom. The first-order valence-electron chi connectivity index (χ1n) is 11.7. The van der Waals surface area contributed by atoms with Crippen LogP contribution in [0.5, 0.6) is 5.88 Å². The van der Waals surface area contributed by atoms with E-state index in [2.05, 4.69) is 20.3 Å². The normalized spacial score (nSPS) is 14.4. The number of benzene rings is 1. The van der Waals surface area contributed by atoms with Gasteiger partial charge in [-0.15, -0.1) is 0 Å². The summed E-state index contributed by atoms with van der Waals surface area (Å²) in [5.41, 5.74) is -0.289. The molecule has 1 saturated heterocycles. The fraction of sp³-hybridized carbons (Fsp3) is 0.250. The molecule has 1 atom stereocenters. The van der Waals surface area contributed by atoms with Gasteiger partial charge in [0.25, 0.3) is 6.36 Å². The second-order valence-corrected chi connectivity index (χ2v) is 8.44. The highest BCUT2D eigenvalue weighted by molar-refractivity contribution is 5.98. The van der Waals surface area contributed by atoms with Gasteiger partial charge in [0.2, 0.25) is 17.6 Å². The van der Waals surface area contributed by atoms with Crippen LogP contribution in [0.25, 0.3) is 16.7 Å². The van der Waals surface area contributed by atoms with Crippen molar-refractivity contribution < 1.29 is 36.8 Å². The van der Waals surface area contributed by atoms with E-state index in [1.807, 2.05) is 0 Å². The number of ether oxygens (including phenoxy) is 2. The summed E-state index contributed by atoms with van der Waals surface area (Å²) in [7, 11) is 0. The van der Waals surface area contributed by atoms with Crippen LogP contribution in [0.15, 0.2) is 42.7 Å². The minimum absolute atomic E-state index is 0.159. The predicted octanol–water partition coefficient (Wildman–Crippen LogP) is 4.20. The average Bonchev–Trinajstić information content (AvgIpc) is 3.32. The number of hydrogen-bond acceptors (Lipinski definition) is 10. The van der Waals surface area contributed by atoms with Gasteiger partial charge in [-0.2, -0.15) is 14.4 Å². The molecule has 4 aromatic rings. The topological polar surface area (TPSA) is 138 Å². The third-order valence-electron chi connectivity index (χ3n) is 5.94. The van der Waals surface area contributed by atoms with Crippen LogP contribution in [-0.2, 0) is 4.74 Å². The van der Waals surface area contributed by atoms with Crippen LogP contribution in [-0.4, -0.2) is 69.8 Å². The number of alkyl halides is 3. The Kier molecular flexibility index (Phi) is 7.41. The number of hydrogen-bond donors (Lipinski definition) is 1. The highest BCUT2D eigenvalue weighted by Gasteiger charge is 2.30. The van der Waals surface area contributed by atoms with Gasteiger partial charge in [0.05, 0.1) is 23.7 Å². The van der Waals surface area contributed by atoms with E-state index in [4.69, 9.17) is 9.47 Å². The largest absolute Gasteiger partial charge is 0.435 e. The van der Waals surface area contributed by atoms with Gasteiger partial charge in [0.1, 0.15) is 17.3 Å². The minimum atomic E-state index is -3.52. The molecule has 12 nitrogen and oxygen atoms in total. The molecule has 40 heavy (non-hydrogen) atoms. The summed E-state index contributed by atoms with van der Waals surface area (Å²) >= 11 is 0. The van der Waals surface area contributed by atoms with E-state index in [1.54, 1.807) is 0 Å². The number of fused-ring (bicyclic) bond motifs is 1. The molecule has 0 amide bonds. The summed E-state index contributed by atoms with van der Waals surface area (Å²) in [5, 5.41) is 14.9. The zero-order chi connectivity index (χ0) is 28.4. The Hall–Kier alpha value is -4.86. The van der Waals surface area contributed by atoms with Crippen molar-refractivity contribution in [3.8, 4) is 11.7 Å². The fourth-order valence-corrected chi connectivity index (χ4v) is 4.13. The molecule has 1 aliphatic heterocycles. The van der Waals surface area contributed by atoms with E-state index in [0.717, 1.165) is 6.07 Å². The number of rotatable bonds is 9. The lowest BCUT2D eigenvalue weighted by Crippen LogP contribution is -2.37. The summed E-state index contributed by atoms with van der Waals surface area (Å²) in [5.74, 6) is -1.52. The maximum Gasteiger partial charge on any atom is 0.313 e. The summed E-state index contributed by atoms with van der Waals surface area (Å²) < 4.78 is 65.3. The monoisotopic (exact) mass is 561 g/mol. The van der Waals surface area contributed by atoms with Crippen LogP contribution in [0, 0.1) is 15.9 Å².